The van der Waals surface area contributed by atoms with E-state index in [-0.39, 0.29) is 19.6 Å². The fraction of sp³-hybridized carbons (Fsp3) is 0.808. The molecular weight excluding hydrogens is 526 g/mol. The fourth-order valence-corrected chi connectivity index (χ4v) is 3.57. The normalized spacial score (nSPS) is 22.7. The molecule has 1 fully saturated rings. The number of unbranched alkanes of at least 4 members (excludes halogenated alkanes) is 1. The van der Waals surface area contributed by atoms with Gasteiger partial charge in [-0.1, -0.05) is 0 Å². The quantitative estimate of drug-likeness (QED) is 0.193. The highest BCUT2D eigenvalue weighted by atomic mass is 16.6. The van der Waals surface area contributed by atoms with Gasteiger partial charge in [-0.3, -0.25) is 14.4 Å². The zero-order valence-corrected chi connectivity index (χ0v) is 24.3. The van der Waals surface area contributed by atoms with Gasteiger partial charge in [-0.2, -0.15) is 0 Å². The molecule has 1 heterocycles. The minimum absolute atomic E-state index is 0.121. The van der Waals surface area contributed by atoms with Crippen molar-refractivity contribution in [3.05, 3.63) is 0 Å². The maximum absolute atomic E-state index is 13.0. The van der Waals surface area contributed by atoms with E-state index in [4.69, 9.17) is 24.7 Å². The van der Waals surface area contributed by atoms with E-state index in [0.29, 0.717) is 51.9 Å². The molecule has 0 radical (unpaired) electrons. The zero-order valence-electron chi connectivity index (χ0n) is 24.3. The molecule has 0 spiro atoms. The number of esters is 1. The van der Waals surface area contributed by atoms with Crippen molar-refractivity contribution in [2.75, 3.05) is 40.1 Å². The number of carbonyl (C=O) groups excluding carboxylic acids is 5. The van der Waals surface area contributed by atoms with Crippen molar-refractivity contribution in [2.45, 2.75) is 96.0 Å². The fourth-order valence-electron chi connectivity index (χ4n) is 3.57. The number of amides is 4. The van der Waals surface area contributed by atoms with Gasteiger partial charge in [-0.05, 0) is 59.8 Å². The second-order valence-electron chi connectivity index (χ2n) is 10.6. The molecule has 0 aromatic carbocycles. The summed E-state index contributed by atoms with van der Waals surface area (Å²) in [5, 5.41) is 10.4. The van der Waals surface area contributed by atoms with Crippen molar-refractivity contribution in [1.29, 1.82) is 0 Å². The molecule has 14 heteroatoms. The van der Waals surface area contributed by atoms with Crippen LogP contribution in [-0.2, 0) is 38.1 Å². The first-order chi connectivity index (χ1) is 18.8. The first-order valence-corrected chi connectivity index (χ1v) is 13.7. The van der Waals surface area contributed by atoms with Crippen LogP contribution in [0.25, 0.3) is 0 Å². The number of ether oxygens (including phenoxy) is 4. The lowest BCUT2D eigenvalue weighted by Gasteiger charge is -2.24. The predicted molar refractivity (Wildman–Crippen MR) is 145 cm³/mol. The number of methoxy groups -OCH3 is 1. The molecule has 1 aliphatic rings. The summed E-state index contributed by atoms with van der Waals surface area (Å²) in [6.45, 7) is 8.03. The standard InChI is InChI=1S/C26H47N5O9/c1-17-21(32)30-19(24(35)37-5)11-15-38-13-8-9-14-39-16-20(23(34)29-17)31-22(33)18(27)10-6-7-12-28-25(36)40-26(2,3)4/h17-20H,6-16,27H2,1-5H3,(H,28,36)(H,29,34)(H,30,32)(H,31,33)/t17-,18-,19-,20-/m0/s1. The molecule has 0 aliphatic carbocycles. The summed E-state index contributed by atoms with van der Waals surface area (Å²) in [5.74, 6) is -2.40. The van der Waals surface area contributed by atoms with Crippen molar-refractivity contribution < 1.29 is 42.9 Å². The number of carbonyl (C=O) groups is 5. The highest BCUT2D eigenvalue weighted by Gasteiger charge is 2.29. The first kappa shape index (κ1) is 35.1. The smallest absolute Gasteiger partial charge is 0.407 e. The van der Waals surface area contributed by atoms with E-state index < -0.39 is 59.6 Å². The van der Waals surface area contributed by atoms with Crippen LogP contribution in [0, 0.1) is 0 Å². The Hall–Kier alpha value is -2.97. The van der Waals surface area contributed by atoms with Crippen LogP contribution in [0.5, 0.6) is 0 Å². The van der Waals surface area contributed by atoms with Gasteiger partial charge in [-0.15, -0.1) is 0 Å². The molecule has 1 saturated heterocycles. The molecule has 0 unspecified atom stereocenters. The minimum atomic E-state index is -1.09. The number of alkyl carbamates (subject to hydrolysis) is 1. The monoisotopic (exact) mass is 573 g/mol. The third-order valence-corrected chi connectivity index (χ3v) is 5.80. The second-order valence-corrected chi connectivity index (χ2v) is 10.6. The van der Waals surface area contributed by atoms with Crippen LogP contribution in [0.15, 0.2) is 0 Å². The van der Waals surface area contributed by atoms with Gasteiger partial charge in [0.15, 0.2) is 0 Å². The number of rotatable bonds is 8. The molecule has 0 aromatic rings. The number of nitrogens with two attached hydrogens (primary N) is 1. The summed E-state index contributed by atoms with van der Waals surface area (Å²) >= 11 is 0. The lowest BCUT2D eigenvalue weighted by Crippen LogP contribution is -2.57. The van der Waals surface area contributed by atoms with Gasteiger partial charge in [0.25, 0.3) is 0 Å². The Morgan fingerprint density at radius 1 is 1.05 bits per heavy atom. The molecule has 1 rings (SSSR count). The molecule has 0 saturated carbocycles. The van der Waals surface area contributed by atoms with E-state index in [1.54, 1.807) is 20.8 Å². The summed E-state index contributed by atoms with van der Waals surface area (Å²) in [6, 6.07) is -3.93. The SMILES string of the molecule is COC(=O)[C@@H]1CCOCCCCOC[C@H](NC(=O)[C@@H](N)CCCCNC(=O)OC(C)(C)C)C(=O)N[C@@H](C)C(=O)N1. The molecule has 14 nitrogen and oxygen atoms in total. The largest absolute Gasteiger partial charge is 0.467 e. The van der Waals surface area contributed by atoms with Crippen LogP contribution < -0.4 is 27.0 Å². The molecule has 4 atom stereocenters. The minimum Gasteiger partial charge on any atom is -0.467 e. The predicted octanol–water partition coefficient (Wildman–Crippen LogP) is -0.127. The Balaban J connectivity index is 2.68. The van der Waals surface area contributed by atoms with Crippen LogP contribution in [0.1, 0.15) is 66.2 Å². The number of hydrogen-bond acceptors (Lipinski definition) is 10. The van der Waals surface area contributed by atoms with Crippen molar-refractivity contribution in [3.8, 4) is 0 Å². The lowest BCUT2D eigenvalue weighted by molar-refractivity contribution is -0.146. The Morgan fingerprint density at radius 2 is 1.73 bits per heavy atom. The van der Waals surface area contributed by atoms with Crippen molar-refractivity contribution >= 4 is 29.8 Å². The van der Waals surface area contributed by atoms with Gasteiger partial charge in [0.05, 0.1) is 19.8 Å². The molecule has 4 amide bonds. The highest BCUT2D eigenvalue weighted by molar-refractivity contribution is 5.94. The van der Waals surface area contributed by atoms with E-state index in [9.17, 15) is 24.0 Å². The van der Waals surface area contributed by atoms with Gasteiger partial charge in [0.2, 0.25) is 17.7 Å². The van der Waals surface area contributed by atoms with Gasteiger partial charge >= 0.3 is 12.1 Å². The maximum Gasteiger partial charge on any atom is 0.407 e. The molecular formula is C26H47N5O9. The number of nitrogens with one attached hydrogen (secondary N) is 4. The van der Waals surface area contributed by atoms with Crippen LogP contribution in [0.2, 0.25) is 0 Å². The summed E-state index contributed by atoms with van der Waals surface area (Å²) in [4.78, 5) is 62.1. The molecule has 6 N–H and O–H groups in total. The van der Waals surface area contributed by atoms with Crippen molar-refractivity contribution in [1.82, 2.24) is 21.3 Å². The van der Waals surface area contributed by atoms with E-state index in [1.807, 2.05) is 0 Å². The number of hydrogen-bond donors (Lipinski definition) is 5. The molecule has 0 bridgehead atoms. The Morgan fingerprint density at radius 3 is 2.38 bits per heavy atom. The van der Waals surface area contributed by atoms with Crippen LogP contribution >= 0.6 is 0 Å². The Labute approximate surface area is 236 Å². The average Bonchev–Trinajstić information content (AvgIpc) is 2.87. The molecule has 230 valence electrons. The van der Waals surface area contributed by atoms with E-state index in [1.165, 1.54) is 14.0 Å². The third-order valence-electron chi connectivity index (χ3n) is 5.80. The average molecular weight is 574 g/mol. The maximum atomic E-state index is 13.0. The van der Waals surface area contributed by atoms with Crippen LogP contribution in [0.3, 0.4) is 0 Å². The van der Waals surface area contributed by atoms with E-state index >= 15 is 0 Å². The molecule has 1 aliphatic heterocycles. The zero-order chi connectivity index (χ0) is 30.1. The van der Waals surface area contributed by atoms with Crippen molar-refractivity contribution in [3.63, 3.8) is 0 Å². The van der Waals surface area contributed by atoms with Gasteiger partial charge < -0.3 is 45.9 Å². The lowest BCUT2D eigenvalue weighted by atomic mass is 10.1. The Kier molecular flexibility index (Phi) is 16.1. The second kappa shape index (κ2) is 18.4. The summed E-state index contributed by atoms with van der Waals surface area (Å²) in [5.41, 5.74) is 5.44. The first-order valence-electron chi connectivity index (χ1n) is 13.7. The summed E-state index contributed by atoms with van der Waals surface area (Å²) in [7, 11) is 1.22. The van der Waals surface area contributed by atoms with Gasteiger partial charge in [0, 0.05) is 32.8 Å². The van der Waals surface area contributed by atoms with Crippen molar-refractivity contribution in [2.24, 2.45) is 5.73 Å². The van der Waals surface area contributed by atoms with Crippen LogP contribution in [0.4, 0.5) is 4.79 Å². The van der Waals surface area contributed by atoms with Gasteiger partial charge in [-0.25, -0.2) is 9.59 Å². The summed E-state index contributed by atoms with van der Waals surface area (Å²) in [6.07, 6.45) is 2.50. The van der Waals surface area contributed by atoms with Gasteiger partial charge in [0.1, 0.15) is 23.7 Å². The molecule has 0 aromatic heterocycles. The van der Waals surface area contributed by atoms with E-state index in [0.717, 1.165) is 0 Å². The summed E-state index contributed by atoms with van der Waals surface area (Å²) < 4.78 is 21.1. The highest BCUT2D eigenvalue weighted by Crippen LogP contribution is 2.07. The Bertz CT molecular complexity index is 834. The van der Waals surface area contributed by atoms with E-state index in [2.05, 4.69) is 21.3 Å². The van der Waals surface area contributed by atoms with Crippen LogP contribution in [-0.4, -0.2) is 99.6 Å². The molecule has 40 heavy (non-hydrogen) atoms. The third kappa shape index (κ3) is 15.0. The topological polar surface area (TPSA) is 196 Å².